The molecule has 0 radical (unpaired) electrons. The Labute approximate surface area is 171 Å². The highest BCUT2D eigenvalue weighted by Crippen LogP contribution is 2.45. The lowest BCUT2D eigenvalue weighted by Gasteiger charge is -2.45. The number of carbonyl (C=O) groups is 2. The summed E-state index contributed by atoms with van der Waals surface area (Å²) in [5.41, 5.74) is 0.671. The van der Waals surface area contributed by atoms with Crippen LogP contribution < -0.4 is 4.74 Å². The maximum Gasteiger partial charge on any atom is 0.253 e. The SMILES string of the molecule is COc1cccc(C(=O)N2CCC3(CC2)SCCN3C(=O)C2CCCCC2)c1. The lowest BCUT2D eigenvalue weighted by Crippen LogP contribution is -2.55. The fourth-order valence-corrected chi connectivity index (χ4v) is 6.36. The van der Waals surface area contributed by atoms with E-state index in [9.17, 15) is 9.59 Å². The largest absolute Gasteiger partial charge is 0.497 e. The number of benzene rings is 1. The number of hydrogen-bond donors (Lipinski definition) is 0. The Hall–Kier alpha value is -1.69. The Morgan fingerprint density at radius 2 is 1.86 bits per heavy atom. The molecule has 2 aliphatic heterocycles. The van der Waals surface area contributed by atoms with Crippen molar-refractivity contribution in [2.45, 2.75) is 49.8 Å². The van der Waals surface area contributed by atoms with Crippen LogP contribution in [0.3, 0.4) is 0 Å². The molecule has 2 saturated heterocycles. The Kier molecular flexibility index (Phi) is 5.85. The summed E-state index contributed by atoms with van der Waals surface area (Å²) in [6.07, 6.45) is 7.48. The highest BCUT2D eigenvalue weighted by Gasteiger charge is 2.48. The number of thioether (sulfide) groups is 1. The van der Waals surface area contributed by atoms with Crippen LogP contribution in [0.2, 0.25) is 0 Å². The van der Waals surface area contributed by atoms with Crippen LogP contribution in [-0.4, -0.2) is 59.0 Å². The fraction of sp³-hybridized carbons (Fsp3) is 0.636. The minimum Gasteiger partial charge on any atom is -0.497 e. The van der Waals surface area contributed by atoms with Gasteiger partial charge in [0.1, 0.15) is 5.75 Å². The average Bonchev–Trinajstić information content (AvgIpc) is 3.16. The first-order valence-electron chi connectivity index (χ1n) is 10.5. The lowest BCUT2D eigenvalue weighted by molar-refractivity contribution is -0.140. The van der Waals surface area contributed by atoms with Gasteiger partial charge in [0.2, 0.25) is 5.91 Å². The highest BCUT2D eigenvalue weighted by molar-refractivity contribution is 8.00. The number of amides is 2. The number of rotatable bonds is 3. The second kappa shape index (κ2) is 8.36. The van der Waals surface area contributed by atoms with Gasteiger partial charge in [0.05, 0.1) is 12.0 Å². The summed E-state index contributed by atoms with van der Waals surface area (Å²) < 4.78 is 5.25. The Balaban J connectivity index is 1.41. The standard InChI is InChI=1S/C22H30N2O3S/c1-27-19-9-5-8-18(16-19)20(25)23-12-10-22(11-13-23)24(14-15-28-22)21(26)17-6-3-2-4-7-17/h5,8-9,16-17H,2-4,6-7,10-15H2,1H3. The molecule has 5 nitrogen and oxygen atoms in total. The van der Waals surface area contributed by atoms with Crippen molar-refractivity contribution in [2.24, 2.45) is 5.92 Å². The molecule has 1 spiro atoms. The average molecular weight is 403 g/mol. The summed E-state index contributed by atoms with van der Waals surface area (Å²) in [6.45, 7) is 2.28. The van der Waals surface area contributed by atoms with E-state index in [0.29, 0.717) is 30.3 Å². The van der Waals surface area contributed by atoms with Crippen molar-refractivity contribution >= 4 is 23.6 Å². The van der Waals surface area contributed by atoms with E-state index in [1.54, 1.807) is 13.2 Å². The van der Waals surface area contributed by atoms with Crippen molar-refractivity contribution in [1.29, 1.82) is 0 Å². The van der Waals surface area contributed by atoms with Gasteiger partial charge in [-0.25, -0.2) is 0 Å². The first-order valence-corrected chi connectivity index (χ1v) is 11.5. The Morgan fingerprint density at radius 3 is 2.57 bits per heavy atom. The molecule has 2 heterocycles. The normalized spacial score (nSPS) is 22.5. The molecule has 1 aliphatic carbocycles. The third kappa shape index (κ3) is 3.76. The van der Waals surface area contributed by atoms with E-state index in [2.05, 4.69) is 4.90 Å². The maximum absolute atomic E-state index is 13.2. The fourth-order valence-electron chi connectivity index (χ4n) is 4.90. The minimum atomic E-state index is -0.0975. The van der Waals surface area contributed by atoms with Crippen LogP contribution in [0.5, 0.6) is 5.75 Å². The quantitative estimate of drug-likeness (QED) is 0.772. The van der Waals surface area contributed by atoms with Gasteiger partial charge in [-0.15, -0.1) is 11.8 Å². The summed E-state index contributed by atoms with van der Waals surface area (Å²) in [6, 6.07) is 7.36. The number of piperidine rings is 1. The molecule has 0 aromatic heterocycles. The van der Waals surface area contributed by atoms with Crippen molar-refractivity contribution < 1.29 is 14.3 Å². The van der Waals surface area contributed by atoms with E-state index < -0.39 is 0 Å². The van der Waals surface area contributed by atoms with E-state index in [4.69, 9.17) is 4.74 Å². The zero-order valence-electron chi connectivity index (χ0n) is 16.7. The van der Waals surface area contributed by atoms with Crippen LogP contribution in [0.1, 0.15) is 55.3 Å². The number of methoxy groups -OCH3 is 1. The van der Waals surface area contributed by atoms with Gasteiger partial charge in [-0.05, 0) is 43.9 Å². The van der Waals surface area contributed by atoms with Crippen LogP contribution in [0.15, 0.2) is 24.3 Å². The molecule has 152 valence electrons. The number of ether oxygens (including phenoxy) is 1. The first-order chi connectivity index (χ1) is 13.6. The van der Waals surface area contributed by atoms with E-state index in [1.165, 1.54) is 19.3 Å². The molecule has 28 heavy (non-hydrogen) atoms. The van der Waals surface area contributed by atoms with Crippen LogP contribution in [0.25, 0.3) is 0 Å². The van der Waals surface area contributed by atoms with Crippen molar-refractivity contribution in [1.82, 2.24) is 9.80 Å². The summed E-state index contributed by atoms with van der Waals surface area (Å²) in [5.74, 6) is 2.37. The molecule has 3 aliphatic rings. The van der Waals surface area contributed by atoms with E-state index in [1.807, 2.05) is 34.9 Å². The van der Waals surface area contributed by atoms with Gasteiger partial charge in [-0.3, -0.25) is 9.59 Å². The van der Waals surface area contributed by atoms with E-state index >= 15 is 0 Å². The monoisotopic (exact) mass is 402 g/mol. The third-order valence-electron chi connectivity index (χ3n) is 6.55. The van der Waals surface area contributed by atoms with Gasteiger partial charge in [0.25, 0.3) is 5.91 Å². The minimum absolute atomic E-state index is 0.0573. The molecule has 0 bridgehead atoms. The van der Waals surface area contributed by atoms with E-state index in [-0.39, 0.29) is 16.7 Å². The van der Waals surface area contributed by atoms with Gasteiger partial charge in [0, 0.05) is 36.9 Å². The van der Waals surface area contributed by atoms with Gasteiger partial charge >= 0.3 is 0 Å². The topological polar surface area (TPSA) is 49.9 Å². The molecule has 0 atom stereocenters. The van der Waals surface area contributed by atoms with Crippen LogP contribution in [-0.2, 0) is 4.79 Å². The molecule has 3 fully saturated rings. The predicted molar refractivity (Wildman–Crippen MR) is 112 cm³/mol. The van der Waals surface area contributed by atoms with Gasteiger partial charge in [-0.1, -0.05) is 25.3 Å². The molecule has 0 N–H and O–H groups in total. The van der Waals surface area contributed by atoms with Crippen LogP contribution in [0, 0.1) is 5.92 Å². The number of carbonyl (C=O) groups excluding carboxylic acids is 2. The molecule has 6 heteroatoms. The Morgan fingerprint density at radius 1 is 1.11 bits per heavy atom. The second-order valence-corrected chi connectivity index (χ2v) is 9.60. The van der Waals surface area contributed by atoms with Crippen molar-refractivity contribution in [3.05, 3.63) is 29.8 Å². The summed E-state index contributed by atoms with van der Waals surface area (Å²) >= 11 is 1.93. The third-order valence-corrected chi connectivity index (χ3v) is 8.10. The van der Waals surface area contributed by atoms with Gasteiger partial charge in [0.15, 0.2) is 0 Å². The van der Waals surface area contributed by atoms with Crippen LogP contribution in [0.4, 0.5) is 0 Å². The molecule has 4 rings (SSSR count). The predicted octanol–water partition coefficient (Wildman–Crippen LogP) is 3.78. The number of hydrogen-bond acceptors (Lipinski definition) is 4. The highest BCUT2D eigenvalue weighted by atomic mass is 32.2. The van der Waals surface area contributed by atoms with Gasteiger partial charge < -0.3 is 14.5 Å². The second-order valence-electron chi connectivity index (χ2n) is 8.14. The summed E-state index contributed by atoms with van der Waals surface area (Å²) in [5, 5.41) is 0. The smallest absolute Gasteiger partial charge is 0.253 e. The number of nitrogens with zero attached hydrogens (tertiary/aromatic N) is 2. The lowest BCUT2D eigenvalue weighted by atomic mass is 9.87. The molecule has 1 aromatic rings. The molecule has 0 unspecified atom stereocenters. The van der Waals surface area contributed by atoms with Crippen molar-refractivity contribution in [2.75, 3.05) is 32.5 Å². The zero-order chi connectivity index (χ0) is 19.6. The first kappa shape index (κ1) is 19.6. The Bertz CT molecular complexity index is 724. The summed E-state index contributed by atoms with van der Waals surface area (Å²) in [7, 11) is 1.61. The molecular weight excluding hydrogens is 372 g/mol. The van der Waals surface area contributed by atoms with Crippen LogP contribution >= 0.6 is 11.8 Å². The molecule has 1 saturated carbocycles. The number of likely N-dealkylation sites (tertiary alicyclic amines) is 1. The van der Waals surface area contributed by atoms with Crippen molar-refractivity contribution in [3.8, 4) is 5.75 Å². The maximum atomic E-state index is 13.2. The zero-order valence-corrected chi connectivity index (χ0v) is 17.5. The van der Waals surface area contributed by atoms with E-state index in [0.717, 1.165) is 38.0 Å². The molecule has 2 amide bonds. The van der Waals surface area contributed by atoms with Gasteiger partial charge in [-0.2, -0.15) is 0 Å². The molecular formula is C22H30N2O3S. The van der Waals surface area contributed by atoms with Crippen molar-refractivity contribution in [3.63, 3.8) is 0 Å². The molecule has 1 aromatic carbocycles. The summed E-state index contributed by atoms with van der Waals surface area (Å²) in [4.78, 5) is 30.1.